The predicted molar refractivity (Wildman–Crippen MR) is 113 cm³/mol. The summed E-state index contributed by atoms with van der Waals surface area (Å²) < 4.78 is 10.9. The minimum atomic E-state index is 0.690. The minimum Gasteiger partial charge on any atom is -0.497 e. The van der Waals surface area contributed by atoms with Crippen LogP contribution in [0.3, 0.4) is 0 Å². The van der Waals surface area contributed by atoms with E-state index in [2.05, 4.69) is 4.98 Å². The second kappa shape index (κ2) is 7.79. The van der Waals surface area contributed by atoms with Gasteiger partial charge in [-0.2, -0.15) is 0 Å². The van der Waals surface area contributed by atoms with Crippen molar-refractivity contribution in [2.24, 2.45) is 0 Å². The highest BCUT2D eigenvalue weighted by atomic mass is 35.5. The van der Waals surface area contributed by atoms with Gasteiger partial charge >= 0.3 is 0 Å². The van der Waals surface area contributed by atoms with Crippen LogP contribution >= 0.6 is 11.6 Å². The van der Waals surface area contributed by atoms with Crippen LogP contribution in [-0.2, 0) is 0 Å². The van der Waals surface area contributed by atoms with Crippen LogP contribution in [0, 0.1) is 0 Å². The van der Waals surface area contributed by atoms with Crippen molar-refractivity contribution in [1.82, 2.24) is 9.97 Å². The number of rotatable bonds is 5. The van der Waals surface area contributed by atoms with Gasteiger partial charge in [0.15, 0.2) is 0 Å². The molecule has 0 unspecified atom stereocenters. The van der Waals surface area contributed by atoms with Crippen LogP contribution in [0.15, 0.2) is 72.8 Å². The number of aromatic nitrogens is 2. The fraction of sp³-hybridized carbons (Fsp3) is 0.0870. The molecular formula is C23H19ClN2O2. The Hall–Kier alpha value is -3.24. The molecule has 0 bridgehead atoms. The molecule has 0 radical (unpaired) electrons. The van der Waals surface area contributed by atoms with Gasteiger partial charge in [0, 0.05) is 22.2 Å². The summed E-state index contributed by atoms with van der Waals surface area (Å²) in [5.74, 6) is 2.15. The molecule has 3 aromatic carbocycles. The van der Waals surface area contributed by atoms with E-state index in [-0.39, 0.29) is 0 Å². The van der Waals surface area contributed by atoms with Crippen molar-refractivity contribution in [3.05, 3.63) is 77.8 Å². The van der Waals surface area contributed by atoms with E-state index >= 15 is 0 Å². The maximum atomic E-state index is 6.07. The third kappa shape index (κ3) is 3.47. The van der Waals surface area contributed by atoms with Gasteiger partial charge < -0.3 is 14.5 Å². The van der Waals surface area contributed by atoms with Crippen molar-refractivity contribution < 1.29 is 9.47 Å². The summed E-state index contributed by atoms with van der Waals surface area (Å²) in [5.41, 5.74) is 4.70. The number of H-pyrrole nitrogens is 1. The van der Waals surface area contributed by atoms with E-state index < -0.39 is 0 Å². The highest BCUT2D eigenvalue weighted by molar-refractivity contribution is 6.30. The quantitative estimate of drug-likeness (QED) is 0.449. The number of aromatic amines is 1. The molecule has 0 fully saturated rings. The highest BCUT2D eigenvalue weighted by Gasteiger charge is 2.18. The number of nitrogens with one attached hydrogen (secondary N) is 1. The van der Waals surface area contributed by atoms with Crippen LogP contribution < -0.4 is 9.47 Å². The van der Waals surface area contributed by atoms with Crippen molar-refractivity contribution in [3.8, 4) is 45.4 Å². The molecule has 4 nitrogen and oxygen atoms in total. The average molecular weight is 391 g/mol. The lowest BCUT2D eigenvalue weighted by Gasteiger charge is -2.08. The van der Waals surface area contributed by atoms with E-state index in [9.17, 15) is 0 Å². The monoisotopic (exact) mass is 390 g/mol. The van der Waals surface area contributed by atoms with Gasteiger partial charge in [-0.25, -0.2) is 4.98 Å². The number of methoxy groups -OCH3 is 2. The van der Waals surface area contributed by atoms with E-state index in [4.69, 9.17) is 26.1 Å². The number of hydrogen-bond acceptors (Lipinski definition) is 3. The molecule has 5 heteroatoms. The summed E-state index contributed by atoms with van der Waals surface area (Å²) in [5, 5.41) is 0.696. The second-order valence-electron chi connectivity index (χ2n) is 6.25. The van der Waals surface area contributed by atoms with Crippen molar-refractivity contribution in [2.75, 3.05) is 14.2 Å². The van der Waals surface area contributed by atoms with Gasteiger partial charge in [0.25, 0.3) is 0 Å². The van der Waals surface area contributed by atoms with Gasteiger partial charge in [0.1, 0.15) is 17.3 Å². The Bertz CT molecular complexity index is 1090. The average Bonchev–Trinajstić information content (AvgIpc) is 3.19. The van der Waals surface area contributed by atoms with Gasteiger partial charge in [-0.1, -0.05) is 54.1 Å². The van der Waals surface area contributed by atoms with Gasteiger partial charge in [-0.3, -0.25) is 0 Å². The molecule has 4 aromatic rings. The van der Waals surface area contributed by atoms with Crippen LogP contribution in [-0.4, -0.2) is 24.2 Å². The fourth-order valence-electron chi connectivity index (χ4n) is 3.13. The smallest absolute Gasteiger partial charge is 0.142 e. The summed E-state index contributed by atoms with van der Waals surface area (Å²) >= 11 is 6.07. The third-order valence-corrected chi connectivity index (χ3v) is 4.80. The Balaban J connectivity index is 1.90. The standard InChI is InChI=1S/C23H19ClN2O2/c1-27-18-12-13-19(20(14-18)28-2)23-25-21(15-6-4-3-5-7-15)22(26-23)16-8-10-17(24)11-9-16/h3-14H,1-2H3,(H,25,26). The molecule has 0 saturated heterocycles. The lowest BCUT2D eigenvalue weighted by atomic mass is 10.1. The number of imidazole rings is 1. The maximum Gasteiger partial charge on any atom is 0.142 e. The topological polar surface area (TPSA) is 47.1 Å². The van der Waals surface area contributed by atoms with Crippen LogP contribution in [0.4, 0.5) is 0 Å². The van der Waals surface area contributed by atoms with Gasteiger partial charge in [0.2, 0.25) is 0 Å². The predicted octanol–water partition coefficient (Wildman–Crippen LogP) is 6.08. The van der Waals surface area contributed by atoms with Gasteiger partial charge in [0.05, 0.1) is 31.2 Å². The molecule has 28 heavy (non-hydrogen) atoms. The van der Waals surface area contributed by atoms with E-state index in [1.165, 1.54) is 0 Å². The number of nitrogens with zero attached hydrogens (tertiary/aromatic N) is 1. The van der Waals surface area contributed by atoms with E-state index in [1.807, 2.05) is 72.8 Å². The molecule has 140 valence electrons. The molecular weight excluding hydrogens is 372 g/mol. The van der Waals surface area contributed by atoms with Crippen LogP contribution in [0.5, 0.6) is 11.5 Å². The van der Waals surface area contributed by atoms with Crippen LogP contribution in [0.1, 0.15) is 0 Å². The van der Waals surface area contributed by atoms with Crippen LogP contribution in [0.25, 0.3) is 33.9 Å². The highest BCUT2D eigenvalue weighted by Crippen LogP contribution is 2.37. The first-order valence-electron chi connectivity index (χ1n) is 8.83. The fourth-order valence-corrected chi connectivity index (χ4v) is 3.25. The zero-order chi connectivity index (χ0) is 19.5. The molecule has 0 aliphatic carbocycles. The van der Waals surface area contributed by atoms with Crippen molar-refractivity contribution in [1.29, 1.82) is 0 Å². The number of hydrogen-bond donors (Lipinski definition) is 1. The van der Waals surface area contributed by atoms with Crippen molar-refractivity contribution >= 4 is 11.6 Å². The Morgan fingerprint density at radius 3 is 2.25 bits per heavy atom. The van der Waals surface area contributed by atoms with E-state index in [0.29, 0.717) is 10.8 Å². The summed E-state index contributed by atoms with van der Waals surface area (Å²) in [4.78, 5) is 8.37. The lowest BCUT2D eigenvalue weighted by Crippen LogP contribution is -1.91. The number of ether oxygens (including phenoxy) is 2. The zero-order valence-electron chi connectivity index (χ0n) is 15.6. The minimum absolute atomic E-state index is 0.690. The molecule has 1 aromatic heterocycles. The molecule has 0 atom stereocenters. The molecule has 0 saturated carbocycles. The van der Waals surface area contributed by atoms with Gasteiger partial charge in [-0.05, 0) is 24.3 Å². The molecule has 1 N–H and O–H groups in total. The van der Waals surface area contributed by atoms with Crippen molar-refractivity contribution in [3.63, 3.8) is 0 Å². The normalized spacial score (nSPS) is 10.7. The Labute approximate surface area is 168 Å². The summed E-state index contributed by atoms with van der Waals surface area (Å²) in [6.07, 6.45) is 0. The Kier molecular flexibility index (Phi) is 5.04. The molecule has 0 aliphatic heterocycles. The van der Waals surface area contributed by atoms with E-state index in [1.54, 1.807) is 14.2 Å². The SMILES string of the molecule is COc1ccc(-c2nc(-c3ccccc3)c(-c3ccc(Cl)cc3)[nH]2)c(OC)c1. The molecule has 0 spiro atoms. The van der Waals surface area contributed by atoms with E-state index in [0.717, 1.165) is 39.7 Å². The number of benzene rings is 3. The Morgan fingerprint density at radius 2 is 1.57 bits per heavy atom. The first kappa shape index (κ1) is 18.1. The first-order chi connectivity index (χ1) is 13.7. The molecule has 4 rings (SSSR count). The van der Waals surface area contributed by atoms with Gasteiger partial charge in [-0.15, -0.1) is 0 Å². The van der Waals surface area contributed by atoms with Crippen molar-refractivity contribution in [2.45, 2.75) is 0 Å². The summed E-state index contributed by atoms with van der Waals surface area (Å²) in [6.45, 7) is 0. The Morgan fingerprint density at radius 1 is 0.821 bits per heavy atom. The maximum absolute atomic E-state index is 6.07. The summed E-state index contributed by atoms with van der Waals surface area (Å²) in [6, 6.07) is 23.5. The third-order valence-electron chi connectivity index (χ3n) is 4.55. The summed E-state index contributed by atoms with van der Waals surface area (Å²) in [7, 11) is 3.27. The second-order valence-corrected chi connectivity index (χ2v) is 6.68. The lowest BCUT2D eigenvalue weighted by molar-refractivity contribution is 0.395. The molecule has 0 amide bonds. The first-order valence-corrected chi connectivity index (χ1v) is 9.21. The number of halogens is 1. The molecule has 0 aliphatic rings. The van der Waals surface area contributed by atoms with Crippen LogP contribution in [0.2, 0.25) is 5.02 Å². The zero-order valence-corrected chi connectivity index (χ0v) is 16.3. The molecule has 1 heterocycles. The largest absolute Gasteiger partial charge is 0.497 e.